The number of nitrogens with zero attached hydrogens (tertiary/aromatic N) is 1. The topological polar surface area (TPSA) is 62.8 Å². The molecule has 1 atom stereocenters. The third-order valence-corrected chi connectivity index (χ3v) is 2.46. The summed E-state index contributed by atoms with van der Waals surface area (Å²) in [4.78, 5) is 22.2. The Morgan fingerprint density at radius 2 is 2.38 bits per heavy atom. The predicted molar refractivity (Wildman–Crippen MR) is 45.5 cm³/mol. The van der Waals surface area contributed by atoms with Crippen LogP contribution < -0.4 is 0 Å². The number of hydrogen-bond acceptors (Lipinski definition) is 3. The number of rotatable bonds is 1. The van der Waals surface area contributed by atoms with Gasteiger partial charge in [-0.25, -0.2) is 0 Å². The van der Waals surface area contributed by atoms with Gasteiger partial charge in [-0.15, -0.1) is 0 Å². The van der Waals surface area contributed by atoms with Crippen molar-refractivity contribution >= 4 is 12.1 Å². The average molecular weight is 178 g/mol. The van der Waals surface area contributed by atoms with E-state index in [1.807, 2.05) is 0 Å². The van der Waals surface area contributed by atoms with Crippen LogP contribution >= 0.6 is 0 Å². The van der Waals surface area contributed by atoms with Crippen LogP contribution in [0.1, 0.15) is 28.2 Å². The number of carbonyl (C=O) groups is 2. The minimum absolute atomic E-state index is 0.0810. The fourth-order valence-electron chi connectivity index (χ4n) is 1.73. The van der Waals surface area contributed by atoms with Gasteiger partial charge in [0.2, 0.25) is 0 Å². The molecule has 0 fully saturated rings. The number of aromatic amines is 1. The molecule has 13 heavy (non-hydrogen) atoms. The summed E-state index contributed by atoms with van der Waals surface area (Å²) in [5, 5.41) is 6.78. The lowest BCUT2D eigenvalue weighted by Gasteiger charge is -2.14. The van der Waals surface area contributed by atoms with Crippen LogP contribution in [-0.4, -0.2) is 22.3 Å². The Morgan fingerprint density at radius 3 is 3.08 bits per heavy atom. The van der Waals surface area contributed by atoms with E-state index in [1.54, 1.807) is 6.92 Å². The van der Waals surface area contributed by atoms with E-state index in [1.165, 1.54) is 0 Å². The van der Waals surface area contributed by atoms with Crippen LogP contribution in [0.15, 0.2) is 0 Å². The van der Waals surface area contributed by atoms with Crippen molar-refractivity contribution in [2.45, 2.75) is 19.8 Å². The summed E-state index contributed by atoms with van der Waals surface area (Å²) in [6.45, 7) is 1.80. The molecule has 1 heterocycles. The maximum absolute atomic E-state index is 11.6. The summed E-state index contributed by atoms with van der Waals surface area (Å²) >= 11 is 0. The van der Waals surface area contributed by atoms with Gasteiger partial charge in [0.25, 0.3) is 0 Å². The molecular weight excluding hydrogens is 168 g/mol. The number of aldehydes is 1. The van der Waals surface area contributed by atoms with Gasteiger partial charge in [0.1, 0.15) is 6.29 Å². The summed E-state index contributed by atoms with van der Waals surface area (Å²) in [6, 6.07) is 0. The Morgan fingerprint density at radius 1 is 1.62 bits per heavy atom. The van der Waals surface area contributed by atoms with Crippen molar-refractivity contribution in [1.29, 1.82) is 0 Å². The Bertz CT molecular complexity index is 368. The quantitative estimate of drug-likeness (QED) is 0.507. The zero-order valence-corrected chi connectivity index (χ0v) is 7.33. The SMILES string of the molecule is Cc1[nH]nc2c1C(=O)C(C=O)CC2. The Labute approximate surface area is 75.3 Å². The monoisotopic (exact) mass is 178 g/mol. The first-order valence-electron chi connectivity index (χ1n) is 4.27. The fourth-order valence-corrected chi connectivity index (χ4v) is 1.73. The van der Waals surface area contributed by atoms with Crippen LogP contribution in [0.5, 0.6) is 0 Å². The van der Waals surface area contributed by atoms with Gasteiger partial charge >= 0.3 is 0 Å². The number of ketones is 1. The largest absolute Gasteiger partial charge is 0.303 e. The molecule has 0 saturated heterocycles. The molecule has 0 aromatic carbocycles. The molecule has 0 radical (unpaired) electrons. The maximum Gasteiger partial charge on any atom is 0.176 e. The molecule has 1 aromatic heterocycles. The summed E-state index contributed by atoms with van der Waals surface area (Å²) in [7, 11) is 0. The lowest BCUT2D eigenvalue weighted by atomic mass is 9.86. The van der Waals surface area contributed by atoms with E-state index in [9.17, 15) is 9.59 Å². The lowest BCUT2D eigenvalue weighted by Crippen LogP contribution is -2.23. The van der Waals surface area contributed by atoms with Gasteiger partial charge in [-0.3, -0.25) is 9.89 Å². The van der Waals surface area contributed by atoms with E-state index < -0.39 is 5.92 Å². The lowest BCUT2D eigenvalue weighted by molar-refractivity contribution is -0.110. The zero-order chi connectivity index (χ0) is 9.42. The summed E-state index contributed by atoms with van der Waals surface area (Å²) in [5.41, 5.74) is 2.20. The molecule has 4 heteroatoms. The second kappa shape index (κ2) is 2.80. The number of H-pyrrole nitrogens is 1. The highest BCUT2D eigenvalue weighted by atomic mass is 16.1. The molecule has 0 amide bonds. The van der Waals surface area contributed by atoms with Crippen LogP contribution in [0.2, 0.25) is 0 Å². The Kier molecular flexibility index (Phi) is 1.76. The van der Waals surface area contributed by atoms with Crippen LogP contribution in [0.25, 0.3) is 0 Å². The van der Waals surface area contributed by atoms with Gasteiger partial charge in [-0.1, -0.05) is 0 Å². The molecule has 1 aliphatic carbocycles. The van der Waals surface area contributed by atoms with E-state index in [4.69, 9.17) is 0 Å². The summed E-state index contributed by atoms with van der Waals surface area (Å²) in [5.74, 6) is -0.536. The molecule has 0 spiro atoms. The van der Waals surface area contributed by atoms with Crippen LogP contribution in [0.4, 0.5) is 0 Å². The van der Waals surface area contributed by atoms with Crippen LogP contribution in [0.3, 0.4) is 0 Å². The third-order valence-electron chi connectivity index (χ3n) is 2.46. The van der Waals surface area contributed by atoms with E-state index in [0.717, 1.165) is 24.1 Å². The van der Waals surface area contributed by atoms with Gasteiger partial charge in [0, 0.05) is 5.69 Å². The van der Waals surface area contributed by atoms with E-state index in [0.29, 0.717) is 12.0 Å². The first-order chi connectivity index (χ1) is 6.24. The number of hydrogen-bond donors (Lipinski definition) is 1. The van der Waals surface area contributed by atoms with Gasteiger partial charge in [-0.2, -0.15) is 5.10 Å². The Hall–Kier alpha value is -1.45. The average Bonchev–Trinajstić information content (AvgIpc) is 2.49. The zero-order valence-electron chi connectivity index (χ0n) is 7.33. The highest BCUT2D eigenvalue weighted by molar-refractivity contribution is 6.07. The summed E-state index contributed by atoms with van der Waals surface area (Å²) in [6.07, 6.45) is 2.05. The van der Waals surface area contributed by atoms with Crippen LogP contribution in [0, 0.1) is 12.8 Å². The van der Waals surface area contributed by atoms with Crippen molar-refractivity contribution in [3.05, 3.63) is 17.0 Å². The molecule has 1 unspecified atom stereocenters. The molecule has 1 aliphatic rings. The fraction of sp³-hybridized carbons (Fsp3) is 0.444. The van der Waals surface area contributed by atoms with Gasteiger partial charge in [-0.05, 0) is 19.8 Å². The number of aromatic nitrogens is 2. The molecule has 2 rings (SSSR count). The number of fused-ring (bicyclic) bond motifs is 1. The smallest absolute Gasteiger partial charge is 0.176 e. The van der Waals surface area contributed by atoms with Crippen molar-refractivity contribution in [2.75, 3.05) is 0 Å². The highest BCUT2D eigenvalue weighted by Gasteiger charge is 2.30. The van der Waals surface area contributed by atoms with Crippen molar-refractivity contribution in [1.82, 2.24) is 10.2 Å². The molecule has 1 aromatic rings. The third kappa shape index (κ3) is 1.09. The van der Waals surface area contributed by atoms with Gasteiger partial charge in [0.15, 0.2) is 5.78 Å². The van der Waals surface area contributed by atoms with Crippen molar-refractivity contribution < 1.29 is 9.59 Å². The van der Waals surface area contributed by atoms with Crippen molar-refractivity contribution in [2.24, 2.45) is 5.92 Å². The number of carbonyl (C=O) groups excluding carboxylic acids is 2. The molecule has 4 nitrogen and oxygen atoms in total. The van der Waals surface area contributed by atoms with E-state index in [2.05, 4.69) is 10.2 Å². The molecular formula is C9H10N2O2. The van der Waals surface area contributed by atoms with E-state index >= 15 is 0 Å². The first-order valence-corrected chi connectivity index (χ1v) is 4.27. The standard InChI is InChI=1S/C9H10N2O2/c1-5-8-7(11-10-5)3-2-6(4-12)9(8)13/h4,6H,2-3H2,1H3,(H,10,11). The number of aryl methyl sites for hydroxylation is 2. The van der Waals surface area contributed by atoms with Crippen LogP contribution in [-0.2, 0) is 11.2 Å². The first kappa shape index (κ1) is 8.16. The second-order valence-corrected chi connectivity index (χ2v) is 3.32. The highest BCUT2D eigenvalue weighted by Crippen LogP contribution is 2.24. The number of Topliss-reactive ketones (excluding diaryl/α,β-unsaturated/α-hetero) is 1. The minimum atomic E-state index is -0.455. The molecule has 0 bridgehead atoms. The van der Waals surface area contributed by atoms with Crippen molar-refractivity contribution in [3.8, 4) is 0 Å². The minimum Gasteiger partial charge on any atom is -0.303 e. The molecule has 0 saturated carbocycles. The summed E-state index contributed by atoms with van der Waals surface area (Å²) < 4.78 is 0. The number of nitrogens with one attached hydrogen (secondary N) is 1. The van der Waals surface area contributed by atoms with Gasteiger partial charge < -0.3 is 4.79 Å². The second-order valence-electron chi connectivity index (χ2n) is 3.32. The Balaban J connectivity index is 2.48. The molecule has 68 valence electrons. The van der Waals surface area contributed by atoms with E-state index in [-0.39, 0.29) is 5.78 Å². The van der Waals surface area contributed by atoms with Crippen molar-refractivity contribution in [3.63, 3.8) is 0 Å². The van der Waals surface area contributed by atoms with Gasteiger partial charge in [0.05, 0.1) is 17.2 Å². The maximum atomic E-state index is 11.6. The normalized spacial score (nSPS) is 21.3. The predicted octanol–water partition coefficient (Wildman–Crippen LogP) is 0.662. The molecule has 1 N–H and O–H groups in total. The molecule has 0 aliphatic heterocycles.